The second-order valence-corrected chi connectivity index (χ2v) is 17.3. The van der Waals surface area contributed by atoms with E-state index >= 15 is 0 Å². The van der Waals surface area contributed by atoms with Crippen molar-refractivity contribution in [1.82, 2.24) is 34.4 Å². The zero-order valence-electron chi connectivity index (χ0n) is 30.4. The molecule has 0 saturated carbocycles. The van der Waals surface area contributed by atoms with Gasteiger partial charge in [0, 0.05) is 33.8 Å². The molecule has 3 aromatic heterocycles. The maximum atomic E-state index is 12.8. The van der Waals surface area contributed by atoms with E-state index in [2.05, 4.69) is 44.2 Å². The number of phosphoric acid groups is 3. The molecule has 9 atom stereocenters. The van der Waals surface area contributed by atoms with Crippen LogP contribution in [0.15, 0.2) is 46.2 Å². The molecule has 2 saturated heterocycles. The van der Waals surface area contributed by atoms with Crippen molar-refractivity contribution in [3.63, 3.8) is 0 Å². The fraction of sp³-hybridized carbons (Fsp3) is 0.464. The predicted octanol–water partition coefficient (Wildman–Crippen LogP) is -0.611. The number of aromatic nitrogens is 6. The van der Waals surface area contributed by atoms with E-state index in [0.717, 1.165) is 11.9 Å². The van der Waals surface area contributed by atoms with E-state index in [9.17, 15) is 43.1 Å². The molecule has 0 aliphatic carbocycles. The monoisotopic (exact) mass is 879 g/mol. The normalized spacial score (nSPS) is 25.8. The van der Waals surface area contributed by atoms with Crippen LogP contribution in [-0.4, -0.2) is 125 Å². The molecule has 5 heterocycles. The number of morpholine rings is 1. The highest BCUT2D eigenvalue weighted by molar-refractivity contribution is 7.66. The molecule has 0 spiro atoms. The number of hydrogen-bond acceptors (Lipinski definition) is 21. The third-order valence-electron chi connectivity index (χ3n) is 8.53. The number of fused-ring (bicyclic) bond motifs is 1. The maximum Gasteiger partial charge on any atom is 0.490 e. The molecule has 2 aliphatic heterocycles. The molecule has 6 unspecified atom stereocenters. The minimum Gasteiger partial charge on any atom is -0.387 e. The fourth-order valence-electron chi connectivity index (χ4n) is 6.17. The minimum atomic E-state index is -5.92. The molecule has 6 rings (SSSR count). The zero-order valence-corrected chi connectivity index (χ0v) is 33.1. The summed E-state index contributed by atoms with van der Waals surface area (Å²) in [6.45, 7) is -1.000. The van der Waals surface area contributed by atoms with Crippen LogP contribution in [0.4, 0.5) is 23.4 Å². The summed E-state index contributed by atoms with van der Waals surface area (Å²) < 4.78 is 74.7. The number of aliphatic hydroxyl groups is 1. The lowest BCUT2D eigenvalue weighted by molar-refractivity contribution is -0.0923. The first-order valence-electron chi connectivity index (χ1n) is 16.9. The number of anilines is 4. The Morgan fingerprint density at radius 2 is 1.59 bits per heavy atom. The van der Waals surface area contributed by atoms with Crippen LogP contribution in [-0.2, 0) is 52.1 Å². The van der Waals surface area contributed by atoms with Crippen molar-refractivity contribution in [2.75, 3.05) is 62.6 Å². The van der Waals surface area contributed by atoms with E-state index in [0.29, 0.717) is 6.54 Å². The number of nitrogen functional groups attached to an aromatic ring is 2. The Bertz CT molecular complexity index is 2350. The lowest BCUT2D eigenvalue weighted by Crippen LogP contribution is -2.51. The second-order valence-electron chi connectivity index (χ2n) is 12.7. The van der Waals surface area contributed by atoms with Crippen molar-refractivity contribution < 1.29 is 65.4 Å². The third-order valence-corrected chi connectivity index (χ3v) is 12.8. The van der Waals surface area contributed by atoms with Crippen molar-refractivity contribution >= 4 is 58.0 Å². The van der Waals surface area contributed by atoms with Crippen LogP contribution in [0, 0.1) is 0 Å². The highest BCUT2D eigenvalue weighted by Crippen LogP contribution is 2.67. The molecular formula is C28H40N11O16P3. The fourth-order valence-corrected chi connectivity index (χ4v) is 9.71. The van der Waals surface area contributed by atoms with E-state index in [1.807, 2.05) is 35.2 Å². The first-order chi connectivity index (χ1) is 27.4. The molecule has 27 nitrogen and oxygen atoms in total. The molecule has 2 fully saturated rings. The predicted molar refractivity (Wildman–Crippen MR) is 200 cm³/mol. The smallest absolute Gasteiger partial charge is 0.387 e. The van der Waals surface area contributed by atoms with Crippen LogP contribution in [0.5, 0.6) is 0 Å². The molecule has 0 amide bonds. The van der Waals surface area contributed by atoms with Gasteiger partial charge >= 0.3 is 23.5 Å². The van der Waals surface area contributed by atoms with Gasteiger partial charge in [0.2, 0.25) is 11.9 Å². The second kappa shape index (κ2) is 17.6. The number of aliphatic hydroxyl groups excluding tert-OH is 1. The Morgan fingerprint density at radius 1 is 0.931 bits per heavy atom. The minimum absolute atomic E-state index is 0.0417. The number of H-pyrrole nitrogens is 2. The zero-order chi connectivity index (χ0) is 42.0. The lowest BCUT2D eigenvalue weighted by atomic mass is 10.1. The van der Waals surface area contributed by atoms with Gasteiger partial charge in [-0.05, 0) is 5.56 Å². The van der Waals surface area contributed by atoms with Gasteiger partial charge in [-0.1, -0.05) is 30.3 Å². The van der Waals surface area contributed by atoms with Gasteiger partial charge in [0.15, 0.2) is 23.2 Å². The Balaban J connectivity index is 1.07. The van der Waals surface area contributed by atoms with Crippen molar-refractivity contribution in [1.29, 1.82) is 0 Å². The number of methoxy groups -OCH3 is 1. The van der Waals surface area contributed by atoms with E-state index in [1.54, 1.807) is 0 Å². The summed E-state index contributed by atoms with van der Waals surface area (Å²) in [5, 5.41) is 16.5. The van der Waals surface area contributed by atoms with Crippen LogP contribution in [0.25, 0.3) is 11.2 Å². The highest BCUT2D eigenvalue weighted by Gasteiger charge is 2.48. The summed E-state index contributed by atoms with van der Waals surface area (Å²) in [6, 6.07) is 9.25. The number of nitrogens with zero attached hydrogens (tertiary/aromatic N) is 5. The number of ether oxygens (including phenoxy) is 3. The van der Waals surface area contributed by atoms with E-state index in [4.69, 9.17) is 34.7 Å². The van der Waals surface area contributed by atoms with Crippen molar-refractivity contribution in [2.24, 2.45) is 0 Å². The molecule has 1 aromatic carbocycles. The van der Waals surface area contributed by atoms with Gasteiger partial charge in [0.1, 0.15) is 30.2 Å². The van der Waals surface area contributed by atoms with Crippen LogP contribution >= 0.6 is 23.5 Å². The van der Waals surface area contributed by atoms with Gasteiger partial charge in [-0.3, -0.25) is 38.1 Å². The quantitative estimate of drug-likeness (QED) is 0.0591. The molecule has 318 valence electrons. The number of hydrogen-bond donors (Lipinski definition) is 10. The molecule has 0 bridgehead atoms. The molecular weight excluding hydrogens is 839 g/mol. The van der Waals surface area contributed by atoms with Crippen LogP contribution in [0.1, 0.15) is 11.8 Å². The number of imidazole rings is 1. The van der Waals surface area contributed by atoms with E-state index in [1.165, 1.54) is 18.7 Å². The first-order valence-corrected chi connectivity index (χ1v) is 21.4. The van der Waals surface area contributed by atoms with Crippen molar-refractivity contribution in [3.8, 4) is 0 Å². The number of rotatable bonds is 17. The Hall–Kier alpha value is -4.14. The third kappa shape index (κ3) is 10.5. The topological polar surface area (TPSA) is 385 Å². The van der Waals surface area contributed by atoms with Gasteiger partial charge in [-0.15, -0.1) is 0 Å². The molecule has 0 radical (unpaired) electrons. The summed E-state index contributed by atoms with van der Waals surface area (Å²) in [5.74, 6) is -0.389. The van der Waals surface area contributed by atoms with E-state index in [-0.39, 0.29) is 47.7 Å². The molecule has 30 heteroatoms. The van der Waals surface area contributed by atoms with Gasteiger partial charge in [-0.25, -0.2) is 18.7 Å². The lowest BCUT2D eigenvalue weighted by Gasteiger charge is -2.38. The summed E-state index contributed by atoms with van der Waals surface area (Å²) in [4.78, 5) is 74.0. The van der Waals surface area contributed by atoms with Crippen molar-refractivity contribution in [3.05, 3.63) is 62.9 Å². The standard InChI is InChI=1S/C28H40N11O16P3/c1-31-18-22(34-27(29)36-24(18)41)33-17-10-38(8-14-6-4-3-5-7-14)9-15(52-17)11-50-56(43,44)54-58(47,48)55-57(45,46)51-12-16-20(40)21(49-2)26(53-16)39-13-32-19-23(39)35-28(30)37-25(19)42/h3-7,13,15-17,20-21,26,31,40H,8-12H2,1-2H3,(H,43,44)(H,45,46)(H,47,48)(H3,30,35,37,42)(H4,29,33,34,36,41)/t15-,16?,17?,20+,21+,26?/m0/s1. The van der Waals surface area contributed by atoms with Crippen molar-refractivity contribution in [2.45, 2.75) is 43.4 Å². The van der Waals surface area contributed by atoms with E-state index < -0.39 is 84.7 Å². The number of aromatic amines is 2. The summed E-state index contributed by atoms with van der Waals surface area (Å²) in [6.07, 6.45) is -6.22. The maximum absolute atomic E-state index is 12.8. The first kappa shape index (κ1) is 43.4. The Kier molecular flexibility index (Phi) is 13.2. The number of nitrogens with two attached hydrogens (primary N) is 2. The van der Waals surface area contributed by atoms with Crippen LogP contribution in [0.2, 0.25) is 0 Å². The number of phosphoric ester groups is 2. The SMILES string of the molecule is CNc1c(NC2CN(Cc3ccccc3)C[C@@H](COP(=O)(O)OP(=O)(O)OP(=O)(O)OCC3OC(n4cnc5c(=O)[nH]c(N)nc54)[C@H](OC)[C@@H]3O)O2)nc(N)[nH]c1=O. The van der Waals surface area contributed by atoms with Gasteiger partial charge in [0.05, 0.1) is 25.6 Å². The molecule has 4 aromatic rings. The average molecular weight is 880 g/mol. The van der Waals surface area contributed by atoms with Gasteiger partial charge < -0.3 is 56.1 Å². The summed E-state index contributed by atoms with van der Waals surface area (Å²) in [5.41, 5.74) is 10.9. The molecule has 12 N–H and O–H groups in total. The van der Waals surface area contributed by atoms with Gasteiger partial charge in [-0.2, -0.15) is 18.6 Å². The van der Waals surface area contributed by atoms with Crippen LogP contribution in [0.3, 0.4) is 0 Å². The molecule has 2 aliphatic rings. The molecule has 58 heavy (non-hydrogen) atoms. The largest absolute Gasteiger partial charge is 0.490 e. The Morgan fingerprint density at radius 3 is 2.26 bits per heavy atom. The highest BCUT2D eigenvalue weighted by atomic mass is 31.3. The number of benzene rings is 1. The van der Waals surface area contributed by atoms with Gasteiger partial charge in [0.25, 0.3) is 11.1 Å². The number of nitrogens with one attached hydrogen (secondary N) is 4. The van der Waals surface area contributed by atoms with Crippen LogP contribution < -0.4 is 33.2 Å². The summed E-state index contributed by atoms with van der Waals surface area (Å²) >= 11 is 0. The summed E-state index contributed by atoms with van der Waals surface area (Å²) in [7, 11) is -14.4. The average Bonchev–Trinajstić information content (AvgIpc) is 3.69. The Labute approximate surface area is 326 Å².